The monoisotopic (exact) mass is 444 g/mol. The van der Waals surface area contributed by atoms with Crippen LogP contribution in [0.3, 0.4) is 0 Å². The van der Waals surface area contributed by atoms with Gasteiger partial charge < -0.3 is 9.84 Å². The molecular weight excluding hydrogens is 396 g/mol. The Bertz CT molecular complexity index is 726. The molecule has 0 heterocycles. The summed E-state index contributed by atoms with van der Waals surface area (Å²) in [5.74, 6) is 3.96. The van der Waals surface area contributed by atoms with Gasteiger partial charge in [-0.25, -0.2) is 0 Å². The molecule has 3 fully saturated rings. The molecule has 4 rings (SSSR count). The topological polar surface area (TPSA) is 46.5 Å². The van der Waals surface area contributed by atoms with Crippen molar-refractivity contribution >= 4 is 5.97 Å². The van der Waals surface area contributed by atoms with Gasteiger partial charge in [-0.2, -0.15) is 0 Å². The first kappa shape index (κ1) is 24.3. The van der Waals surface area contributed by atoms with Crippen molar-refractivity contribution in [3.05, 3.63) is 11.6 Å². The van der Waals surface area contributed by atoms with Gasteiger partial charge in [0.25, 0.3) is 0 Å². The highest BCUT2D eigenvalue weighted by atomic mass is 16.5. The Hall–Kier alpha value is -0.830. The number of ether oxygens (including phenoxy) is 1. The van der Waals surface area contributed by atoms with Gasteiger partial charge >= 0.3 is 5.97 Å². The molecule has 0 radical (unpaired) electrons. The Morgan fingerprint density at radius 3 is 2.53 bits per heavy atom. The molecular formula is C29H48O3. The van der Waals surface area contributed by atoms with Crippen LogP contribution in [-0.2, 0) is 9.53 Å². The first-order valence-electron chi connectivity index (χ1n) is 13.6. The summed E-state index contributed by atoms with van der Waals surface area (Å²) >= 11 is 0. The smallest absolute Gasteiger partial charge is 0.302 e. The molecule has 0 aromatic rings. The van der Waals surface area contributed by atoms with Crippen LogP contribution in [0.15, 0.2) is 11.6 Å². The molecule has 0 unspecified atom stereocenters. The van der Waals surface area contributed by atoms with Crippen LogP contribution >= 0.6 is 0 Å². The van der Waals surface area contributed by atoms with E-state index < -0.39 is 0 Å². The maximum Gasteiger partial charge on any atom is 0.302 e. The lowest BCUT2D eigenvalue weighted by Gasteiger charge is -2.58. The Kier molecular flexibility index (Phi) is 6.90. The molecule has 3 nitrogen and oxygen atoms in total. The van der Waals surface area contributed by atoms with E-state index in [2.05, 4.69) is 40.7 Å². The zero-order chi connectivity index (χ0) is 23.3. The molecule has 0 aliphatic heterocycles. The number of esters is 1. The molecule has 1 N–H and O–H groups in total. The highest BCUT2D eigenvalue weighted by Crippen LogP contribution is 2.67. The molecule has 0 amide bonds. The second-order valence-electron chi connectivity index (χ2n) is 12.9. The molecule has 3 saturated carbocycles. The number of aliphatic hydroxyl groups excluding tert-OH is 1. The van der Waals surface area contributed by atoms with Gasteiger partial charge in [0.15, 0.2) is 0 Å². The Morgan fingerprint density at radius 2 is 1.84 bits per heavy atom. The summed E-state index contributed by atoms with van der Waals surface area (Å²) in [7, 11) is 0. The van der Waals surface area contributed by atoms with Gasteiger partial charge in [-0.05, 0) is 104 Å². The number of hydrogen-bond acceptors (Lipinski definition) is 3. The average molecular weight is 445 g/mol. The van der Waals surface area contributed by atoms with E-state index in [1.165, 1.54) is 32.1 Å². The quantitative estimate of drug-likeness (QED) is 0.357. The second kappa shape index (κ2) is 9.08. The minimum absolute atomic E-state index is 0.0845. The van der Waals surface area contributed by atoms with Crippen LogP contribution in [-0.4, -0.2) is 23.3 Å². The Morgan fingerprint density at radius 1 is 1.09 bits per heavy atom. The highest BCUT2D eigenvalue weighted by molar-refractivity contribution is 5.66. The van der Waals surface area contributed by atoms with Crippen molar-refractivity contribution in [2.24, 2.45) is 46.3 Å². The van der Waals surface area contributed by atoms with E-state index in [-0.39, 0.29) is 18.2 Å². The van der Waals surface area contributed by atoms with Gasteiger partial charge in [-0.1, -0.05) is 46.3 Å². The number of allylic oxidation sites excluding steroid dienone is 1. The predicted octanol–water partition coefficient (Wildman–Crippen LogP) is 6.93. The van der Waals surface area contributed by atoms with Gasteiger partial charge in [-0.15, -0.1) is 0 Å². The molecule has 3 heteroatoms. The van der Waals surface area contributed by atoms with Crippen molar-refractivity contribution in [2.45, 2.75) is 118 Å². The fourth-order valence-corrected chi connectivity index (χ4v) is 8.90. The van der Waals surface area contributed by atoms with E-state index in [1.54, 1.807) is 12.5 Å². The zero-order valence-electron chi connectivity index (χ0n) is 21.5. The van der Waals surface area contributed by atoms with Crippen LogP contribution in [0.5, 0.6) is 0 Å². The minimum atomic E-state index is -0.150. The molecule has 9 atom stereocenters. The van der Waals surface area contributed by atoms with Crippen molar-refractivity contribution in [2.75, 3.05) is 0 Å². The fourth-order valence-electron chi connectivity index (χ4n) is 8.90. The third kappa shape index (κ3) is 4.21. The molecule has 0 aromatic carbocycles. The number of aliphatic hydroxyl groups is 1. The third-order valence-corrected chi connectivity index (χ3v) is 10.7. The molecule has 32 heavy (non-hydrogen) atoms. The number of carbonyl (C=O) groups excluding carboxylic acids is 1. The third-order valence-electron chi connectivity index (χ3n) is 10.7. The first-order chi connectivity index (χ1) is 15.1. The highest BCUT2D eigenvalue weighted by Gasteiger charge is 2.59. The summed E-state index contributed by atoms with van der Waals surface area (Å²) in [5.41, 5.74) is 2.25. The second-order valence-corrected chi connectivity index (χ2v) is 12.9. The van der Waals surface area contributed by atoms with E-state index in [1.807, 2.05) is 0 Å². The molecule has 0 saturated heterocycles. The maximum atomic E-state index is 11.5. The van der Waals surface area contributed by atoms with Gasteiger partial charge in [0, 0.05) is 13.3 Å². The van der Waals surface area contributed by atoms with Crippen LogP contribution in [0.25, 0.3) is 0 Å². The minimum Gasteiger partial charge on any atom is -0.462 e. The van der Waals surface area contributed by atoms with E-state index in [0.717, 1.165) is 49.9 Å². The normalized spacial score (nSPS) is 43.0. The summed E-state index contributed by atoms with van der Waals surface area (Å²) in [4.78, 5) is 11.5. The standard InChI is InChI=1S/C29H48O3/c1-18(2)7-12-27(31)19(3)24-10-11-25-23-9-8-21-17-22(32-20(4)30)13-15-28(21,5)26(23)14-16-29(24,25)6/h8,18-19,22-27,31H,7,9-17H2,1-6H3/t19-,22-,23+,24-,25+,26+,27+,28-,29-/m0/s1. The number of fused-ring (bicyclic) bond motifs is 5. The number of carbonyl (C=O) groups is 1. The van der Waals surface area contributed by atoms with Gasteiger partial charge in [0.2, 0.25) is 0 Å². The lowest BCUT2D eigenvalue weighted by molar-refractivity contribution is -0.148. The van der Waals surface area contributed by atoms with Gasteiger partial charge in [-0.3, -0.25) is 4.79 Å². The Balaban J connectivity index is 1.49. The zero-order valence-corrected chi connectivity index (χ0v) is 21.5. The molecule has 0 bridgehead atoms. The van der Waals surface area contributed by atoms with Gasteiger partial charge in [0.05, 0.1) is 6.10 Å². The van der Waals surface area contributed by atoms with Crippen LogP contribution in [0, 0.1) is 46.3 Å². The summed E-state index contributed by atoms with van der Waals surface area (Å²) in [6.07, 6.45) is 14.2. The van der Waals surface area contributed by atoms with Crippen molar-refractivity contribution in [3.63, 3.8) is 0 Å². The fraction of sp³-hybridized carbons (Fsp3) is 0.897. The summed E-state index contributed by atoms with van der Waals surface area (Å²) < 4.78 is 5.60. The summed E-state index contributed by atoms with van der Waals surface area (Å²) in [6.45, 7) is 13.5. The molecule has 0 spiro atoms. The molecule has 4 aliphatic rings. The van der Waals surface area contributed by atoms with Crippen LogP contribution in [0.2, 0.25) is 0 Å². The van der Waals surface area contributed by atoms with Crippen molar-refractivity contribution in [1.29, 1.82) is 0 Å². The summed E-state index contributed by atoms with van der Waals surface area (Å²) in [5, 5.41) is 11.0. The summed E-state index contributed by atoms with van der Waals surface area (Å²) in [6, 6.07) is 0. The van der Waals surface area contributed by atoms with Crippen molar-refractivity contribution < 1.29 is 14.6 Å². The number of hydrogen-bond donors (Lipinski definition) is 1. The Labute approximate surface area is 196 Å². The van der Waals surface area contributed by atoms with Crippen LogP contribution in [0.4, 0.5) is 0 Å². The lowest BCUT2D eigenvalue weighted by atomic mass is 9.47. The van der Waals surface area contributed by atoms with E-state index in [4.69, 9.17) is 4.74 Å². The van der Waals surface area contributed by atoms with Crippen LogP contribution < -0.4 is 0 Å². The largest absolute Gasteiger partial charge is 0.462 e. The molecule has 0 aromatic heterocycles. The lowest BCUT2D eigenvalue weighted by Crippen LogP contribution is -2.51. The first-order valence-corrected chi connectivity index (χ1v) is 13.6. The molecule has 182 valence electrons. The predicted molar refractivity (Wildman–Crippen MR) is 130 cm³/mol. The van der Waals surface area contributed by atoms with Crippen molar-refractivity contribution in [3.8, 4) is 0 Å². The average Bonchev–Trinajstić information content (AvgIpc) is 3.08. The molecule has 4 aliphatic carbocycles. The maximum absolute atomic E-state index is 11.5. The van der Waals surface area contributed by atoms with E-state index in [0.29, 0.717) is 28.6 Å². The SMILES string of the molecule is CC(=O)O[C@H]1CC[C@@]2(C)C(=CC[C@@H]3[C@H]4CC[C@@H]([C@H](C)[C@H](O)CCC(C)C)[C@]4(C)CC[C@H]32)C1. The van der Waals surface area contributed by atoms with E-state index >= 15 is 0 Å². The van der Waals surface area contributed by atoms with Crippen molar-refractivity contribution in [1.82, 2.24) is 0 Å². The van der Waals surface area contributed by atoms with Crippen LogP contribution in [0.1, 0.15) is 106 Å². The van der Waals surface area contributed by atoms with E-state index in [9.17, 15) is 9.90 Å². The van der Waals surface area contributed by atoms with Gasteiger partial charge in [0.1, 0.15) is 6.10 Å². The number of rotatable bonds is 6.